The molecule has 0 aliphatic carbocycles. The van der Waals surface area contributed by atoms with Crippen molar-refractivity contribution in [1.82, 2.24) is 0 Å². The number of hydrogen-bond donors (Lipinski definition) is 3. The highest BCUT2D eigenvalue weighted by Crippen LogP contribution is 2.04. The molecule has 0 saturated heterocycles. The summed E-state index contributed by atoms with van der Waals surface area (Å²) in [6.45, 7) is 1.37. The Bertz CT molecular complexity index is 273. The number of nitrogens with one attached hydrogen (secondary N) is 1. The van der Waals surface area contributed by atoms with E-state index in [0.717, 1.165) is 7.11 Å². The zero-order valence-corrected chi connectivity index (χ0v) is 10.9. The van der Waals surface area contributed by atoms with Crippen LogP contribution in [0.3, 0.4) is 0 Å². The third-order valence-corrected chi connectivity index (χ3v) is 2.01. The molecule has 0 aromatic rings. The van der Waals surface area contributed by atoms with Crippen molar-refractivity contribution in [2.24, 2.45) is 0 Å². The van der Waals surface area contributed by atoms with E-state index in [1.54, 1.807) is 0 Å². The minimum atomic E-state index is -1.21. The molecule has 0 fully saturated rings. The SMILES string of the molecule is CO[N+](=O)OCC(CCCCOC(C)=O)O[NH+](O)O. The average molecular weight is 284 g/mol. The molecule has 0 aromatic heterocycles. The van der Waals surface area contributed by atoms with E-state index < -0.39 is 11.5 Å². The Morgan fingerprint density at radius 1 is 1.37 bits per heavy atom. The number of rotatable bonds is 11. The quantitative estimate of drug-likeness (QED) is 0.250. The van der Waals surface area contributed by atoms with Gasteiger partial charge in [0.05, 0.1) is 12.0 Å². The number of nitrogens with zero attached hydrogens (tertiary/aromatic N) is 1. The van der Waals surface area contributed by atoms with E-state index in [1.165, 1.54) is 6.92 Å². The summed E-state index contributed by atoms with van der Waals surface area (Å²) in [6.07, 6.45) is 0.815. The first kappa shape index (κ1) is 17.5. The van der Waals surface area contributed by atoms with Gasteiger partial charge in [-0.15, -0.1) is 15.3 Å². The maximum absolute atomic E-state index is 10.7. The van der Waals surface area contributed by atoms with Crippen LogP contribution >= 0.6 is 0 Å². The van der Waals surface area contributed by atoms with Gasteiger partial charge in [-0.1, -0.05) is 0 Å². The molecule has 0 spiro atoms. The monoisotopic (exact) mass is 284 g/mol. The normalized spacial score (nSPS) is 12.1. The van der Waals surface area contributed by atoms with Crippen LogP contribution in [0.5, 0.6) is 0 Å². The molecule has 3 N–H and O–H groups in total. The van der Waals surface area contributed by atoms with E-state index in [0.29, 0.717) is 19.3 Å². The molecule has 0 aliphatic heterocycles. The number of ether oxygens (including phenoxy) is 1. The predicted octanol–water partition coefficient (Wildman–Crippen LogP) is -1.04. The first-order valence-corrected chi connectivity index (χ1v) is 5.65. The molecule has 1 unspecified atom stereocenters. The summed E-state index contributed by atoms with van der Waals surface area (Å²) in [6, 6.07) is 0. The van der Waals surface area contributed by atoms with Gasteiger partial charge in [0.15, 0.2) is 13.2 Å². The highest BCUT2D eigenvalue weighted by Gasteiger charge is 2.22. The number of quaternary nitrogens is 1. The van der Waals surface area contributed by atoms with Gasteiger partial charge in [0.2, 0.25) is 6.61 Å². The van der Waals surface area contributed by atoms with Gasteiger partial charge in [0.1, 0.15) is 4.91 Å². The van der Waals surface area contributed by atoms with Crippen molar-refractivity contribution in [2.75, 3.05) is 20.3 Å². The Morgan fingerprint density at radius 3 is 2.58 bits per heavy atom. The van der Waals surface area contributed by atoms with Crippen molar-refractivity contribution in [3.8, 4) is 0 Å². The predicted molar refractivity (Wildman–Crippen MR) is 56.5 cm³/mol. The Morgan fingerprint density at radius 2 is 2.05 bits per heavy atom. The topological polar surface area (TPSA) is 119 Å². The van der Waals surface area contributed by atoms with Crippen molar-refractivity contribution < 1.29 is 44.9 Å². The number of carbonyl (C=O) groups excluding carboxylic acids is 1. The first-order chi connectivity index (χ1) is 8.95. The maximum Gasteiger partial charge on any atom is 0.477 e. The third kappa shape index (κ3) is 11.3. The molecule has 0 saturated carbocycles. The van der Waals surface area contributed by atoms with Gasteiger partial charge in [-0.25, -0.2) is 0 Å². The zero-order chi connectivity index (χ0) is 14.7. The van der Waals surface area contributed by atoms with E-state index in [1.807, 2.05) is 0 Å². The lowest BCUT2D eigenvalue weighted by Crippen LogP contribution is -3.07. The molecular formula is C9H20N2O8+2. The first-order valence-electron chi connectivity index (χ1n) is 5.65. The molecule has 0 bridgehead atoms. The molecule has 19 heavy (non-hydrogen) atoms. The van der Waals surface area contributed by atoms with Crippen molar-refractivity contribution in [2.45, 2.75) is 32.3 Å². The second-order valence-corrected chi connectivity index (χ2v) is 3.56. The Hall–Kier alpha value is -1.49. The molecular weight excluding hydrogens is 264 g/mol. The lowest BCUT2D eigenvalue weighted by atomic mass is 10.2. The smallest absolute Gasteiger partial charge is 0.466 e. The molecule has 0 heterocycles. The van der Waals surface area contributed by atoms with E-state index in [9.17, 15) is 9.70 Å². The van der Waals surface area contributed by atoms with Crippen molar-refractivity contribution in [1.29, 1.82) is 0 Å². The lowest BCUT2D eigenvalue weighted by molar-refractivity contribution is -1.37. The van der Waals surface area contributed by atoms with Crippen LogP contribution < -0.4 is 5.39 Å². The summed E-state index contributed by atoms with van der Waals surface area (Å²) in [7, 11) is 1.12. The fourth-order valence-electron chi connectivity index (χ4n) is 1.21. The molecule has 0 amide bonds. The fourth-order valence-corrected chi connectivity index (χ4v) is 1.21. The van der Waals surface area contributed by atoms with Gasteiger partial charge in [-0.05, 0) is 19.3 Å². The lowest BCUT2D eigenvalue weighted by Gasteiger charge is -2.11. The van der Waals surface area contributed by atoms with Gasteiger partial charge >= 0.3 is 11.1 Å². The molecule has 1 atom stereocenters. The van der Waals surface area contributed by atoms with Crippen molar-refractivity contribution >= 4 is 5.97 Å². The summed E-state index contributed by atoms with van der Waals surface area (Å²) in [5.41, 5.74) is 0. The van der Waals surface area contributed by atoms with Crippen molar-refractivity contribution in [3.63, 3.8) is 0 Å². The van der Waals surface area contributed by atoms with Crippen LogP contribution in [0.1, 0.15) is 26.2 Å². The van der Waals surface area contributed by atoms with Crippen LogP contribution in [-0.4, -0.2) is 47.9 Å². The van der Waals surface area contributed by atoms with Crippen LogP contribution in [0.2, 0.25) is 0 Å². The zero-order valence-electron chi connectivity index (χ0n) is 10.9. The highest BCUT2D eigenvalue weighted by molar-refractivity contribution is 5.65. The molecule has 0 rings (SSSR count). The van der Waals surface area contributed by atoms with Gasteiger partial charge < -0.3 is 4.74 Å². The van der Waals surface area contributed by atoms with Crippen LogP contribution in [0.4, 0.5) is 0 Å². The molecule has 112 valence electrons. The van der Waals surface area contributed by atoms with E-state index in [4.69, 9.17) is 15.2 Å². The third-order valence-electron chi connectivity index (χ3n) is 2.01. The number of esters is 1. The molecule has 10 heteroatoms. The van der Waals surface area contributed by atoms with Gasteiger partial charge in [-0.2, -0.15) is 9.68 Å². The fraction of sp³-hybridized carbons (Fsp3) is 0.889. The Kier molecular flexibility index (Phi) is 9.62. The molecule has 10 nitrogen and oxygen atoms in total. The summed E-state index contributed by atoms with van der Waals surface area (Å²) >= 11 is 0. The maximum atomic E-state index is 10.7. The second-order valence-electron chi connectivity index (χ2n) is 3.56. The Labute approximate surface area is 109 Å². The van der Waals surface area contributed by atoms with Gasteiger partial charge in [0, 0.05) is 6.92 Å². The van der Waals surface area contributed by atoms with E-state index in [-0.39, 0.29) is 24.3 Å². The molecule has 0 radical (unpaired) electrons. The summed E-state index contributed by atoms with van der Waals surface area (Å²) in [5, 5.41) is 15.9. The Balaban J connectivity index is 3.85. The van der Waals surface area contributed by atoms with E-state index >= 15 is 0 Å². The average Bonchev–Trinajstić information content (AvgIpc) is 2.33. The minimum Gasteiger partial charge on any atom is -0.466 e. The van der Waals surface area contributed by atoms with Crippen LogP contribution in [0, 0.1) is 4.91 Å². The van der Waals surface area contributed by atoms with Crippen molar-refractivity contribution in [3.05, 3.63) is 4.91 Å². The molecule has 0 aromatic carbocycles. The second kappa shape index (κ2) is 10.4. The van der Waals surface area contributed by atoms with E-state index in [2.05, 4.69) is 14.5 Å². The van der Waals surface area contributed by atoms with Gasteiger partial charge in [0.25, 0.3) is 0 Å². The number of carbonyl (C=O) groups is 1. The number of unbranched alkanes of at least 4 members (excludes halogenated alkanes) is 1. The molecule has 0 aliphatic rings. The van der Waals surface area contributed by atoms with Gasteiger partial charge in [-0.3, -0.25) is 4.79 Å². The minimum absolute atomic E-state index is 0.121. The number of hydrogen-bond acceptors (Lipinski definition) is 8. The van der Waals surface area contributed by atoms with Crippen LogP contribution in [0.25, 0.3) is 0 Å². The largest absolute Gasteiger partial charge is 0.477 e. The summed E-state index contributed by atoms with van der Waals surface area (Å²) in [4.78, 5) is 34.6. The van der Waals surface area contributed by atoms with Crippen LogP contribution in [0.15, 0.2) is 0 Å². The summed E-state index contributed by atoms with van der Waals surface area (Å²) in [5.74, 6) is -0.362. The highest BCUT2D eigenvalue weighted by atomic mass is 17.1. The standard InChI is InChI=1S/C9H20N2O8/c1-8(12)17-6-4-3-5-9(19-10(13)14)7-18-11(15)16-2/h9-10,13-14H,3-7H2,1-2H3/q+2. The summed E-state index contributed by atoms with van der Waals surface area (Å²) < 4.78 is 4.73. The van der Waals surface area contributed by atoms with Crippen LogP contribution in [-0.2, 0) is 24.0 Å².